The maximum atomic E-state index is 12.5. The summed E-state index contributed by atoms with van der Waals surface area (Å²) < 4.78 is 10.6. The van der Waals surface area contributed by atoms with Gasteiger partial charge in [0, 0.05) is 93.5 Å². The van der Waals surface area contributed by atoms with Gasteiger partial charge in [-0.25, -0.2) is 0 Å². The number of hydrogen-bond donors (Lipinski definition) is 0. The van der Waals surface area contributed by atoms with Crippen molar-refractivity contribution in [3.63, 3.8) is 0 Å². The van der Waals surface area contributed by atoms with Crippen LogP contribution in [0, 0.1) is 20.2 Å². The van der Waals surface area contributed by atoms with Gasteiger partial charge < -0.3 is 24.2 Å². The number of carbonyl (C=O) groups excluding carboxylic acids is 1. The average molecular weight is 648 g/mol. The van der Waals surface area contributed by atoms with Gasteiger partial charge in [0.2, 0.25) is 0 Å². The Morgan fingerprint density at radius 2 is 1.15 bits per heavy atom. The van der Waals surface area contributed by atoms with E-state index < -0.39 is 0 Å². The number of ether oxygens (including phenoxy) is 2. The Morgan fingerprint density at radius 3 is 1.66 bits per heavy atom. The predicted molar refractivity (Wildman–Crippen MR) is 185 cm³/mol. The zero-order valence-electron chi connectivity index (χ0n) is 27.1. The smallest absolute Gasteiger partial charge is 0.293 e. The zero-order valence-corrected chi connectivity index (χ0v) is 27.1. The van der Waals surface area contributed by atoms with E-state index in [2.05, 4.69) is 25.3 Å². The first-order valence-electron chi connectivity index (χ1n) is 16.5. The number of nitro benzene ring substituents is 2. The normalized spacial score (nSPS) is 18.7. The van der Waals surface area contributed by atoms with Gasteiger partial charge >= 0.3 is 0 Å². The van der Waals surface area contributed by atoms with Gasteiger partial charge in [-0.1, -0.05) is 6.07 Å². The van der Waals surface area contributed by atoms with Gasteiger partial charge in [0.15, 0.2) is 0 Å². The third-order valence-electron chi connectivity index (χ3n) is 8.86. The van der Waals surface area contributed by atoms with Gasteiger partial charge in [-0.05, 0) is 62.3 Å². The highest BCUT2D eigenvalue weighted by Crippen LogP contribution is 2.33. The fourth-order valence-electron chi connectivity index (χ4n) is 6.39. The highest BCUT2D eigenvalue weighted by Gasteiger charge is 2.26. The van der Waals surface area contributed by atoms with Crippen LogP contribution in [-0.4, -0.2) is 120 Å². The van der Waals surface area contributed by atoms with Crippen LogP contribution in [0.5, 0.6) is 0 Å². The number of amides is 1. The van der Waals surface area contributed by atoms with Crippen molar-refractivity contribution in [3.05, 3.63) is 67.8 Å². The van der Waals surface area contributed by atoms with Crippen molar-refractivity contribution < 1.29 is 25.5 Å². The second-order valence-electron chi connectivity index (χ2n) is 11.9. The number of piperidine rings is 2. The molecule has 0 atom stereocenters. The molecular formula is C32H46B2N6O7. The molecule has 13 nitrogen and oxygen atoms in total. The molecule has 15 heteroatoms. The van der Waals surface area contributed by atoms with E-state index in [0.29, 0.717) is 37.6 Å². The number of nitrogens with zero attached hydrogens (tertiary/aromatic N) is 6. The molecule has 252 valence electrons. The van der Waals surface area contributed by atoms with Gasteiger partial charge in [-0.2, -0.15) is 0 Å². The van der Waals surface area contributed by atoms with Crippen molar-refractivity contribution >= 4 is 44.1 Å². The average Bonchev–Trinajstić information content (AvgIpc) is 3.13. The fourth-order valence-corrected chi connectivity index (χ4v) is 6.39. The molecule has 0 unspecified atom stereocenters. The SMILES string of the molecule is O=C(c1ccc(N2CCCCC2)c([N+](=O)[O-])c1)N1CCOCC1.O=[N+]([O-])c1cc(CN2CCOCC2)ccc1N1CCCCC1.[B][B].[HH]. The molecular weight excluding hydrogens is 602 g/mol. The Labute approximate surface area is 280 Å². The Hall–Kier alpha value is -3.68. The summed E-state index contributed by atoms with van der Waals surface area (Å²) in [5.41, 5.74) is 3.04. The van der Waals surface area contributed by atoms with E-state index in [1.165, 1.54) is 12.5 Å². The van der Waals surface area contributed by atoms with Crippen LogP contribution < -0.4 is 9.80 Å². The number of carbonyl (C=O) groups is 1. The van der Waals surface area contributed by atoms with E-state index in [9.17, 15) is 25.0 Å². The minimum Gasteiger partial charge on any atom is -0.379 e. The van der Waals surface area contributed by atoms with Gasteiger partial charge in [0.1, 0.15) is 11.4 Å². The van der Waals surface area contributed by atoms with Gasteiger partial charge in [-0.3, -0.25) is 29.9 Å². The molecule has 1 amide bonds. The fraction of sp³-hybridized carbons (Fsp3) is 0.594. The molecule has 0 bridgehead atoms. The number of benzene rings is 2. The van der Waals surface area contributed by atoms with E-state index in [1.807, 2.05) is 17.0 Å². The lowest BCUT2D eigenvalue weighted by molar-refractivity contribution is -0.384. The quantitative estimate of drug-likeness (QED) is 0.247. The number of nitro groups is 2. The highest BCUT2D eigenvalue weighted by atomic mass is 16.6. The van der Waals surface area contributed by atoms with Crippen LogP contribution in [0.25, 0.3) is 0 Å². The Kier molecular flexibility index (Phi) is 14.3. The lowest BCUT2D eigenvalue weighted by Gasteiger charge is -2.29. The van der Waals surface area contributed by atoms with Crippen molar-refractivity contribution in [2.75, 3.05) is 88.6 Å². The van der Waals surface area contributed by atoms with Gasteiger partial charge in [0.25, 0.3) is 17.3 Å². The monoisotopic (exact) mass is 648 g/mol. The molecule has 0 spiro atoms. The zero-order chi connectivity index (χ0) is 33.6. The molecule has 4 radical (unpaired) electrons. The summed E-state index contributed by atoms with van der Waals surface area (Å²) in [6, 6.07) is 10.6. The lowest BCUT2D eigenvalue weighted by Crippen LogP contribution is -2.40. The van der Waals surface area contributed by atoms with Crippen LogP contribution >= 0.6 is 0 Å². The van der Waals surface area contributed by atoms with Crippen molar-refractivity contribution in [2.45, 2.75) is 45.1 Å². The molecule has 0 aromatic heterocycles. The molecule has 4 saturated heterocycles. The van der Waals surface area contributed by atoms with E-state index in [-0.39, 0.29) is 28.6 Å². The van der Waals surface area contributed by atoms with E-state index >= 15 is 0 Å². The van der Waals surface area contributed by atoms with E-state index in [1.54, 1.807) is 23.1 Å². The summed E-state index contributed by atoms with van der Waals surface area (Å²) in [6.45, 7) is 9.61. The molecule has 4 heterocycles. The van der Waals surface area contributed by atoms with E-state index in [0.717, 1.165) is 102 Å². The van der Waals surface area contributed by atoms with Crippen molar-refractivity contribution in [1.29, 1.82) is 0 Å². The third-order valence-corrected chi connectivity index (χ3v) is 8.86. The van der Waals surface area contributed by atoms with Crippen molar-refractivity contribution in [3.8, 4) is 0 Å². The first-order chi connectivity index (χ1) is 22.9. The molecule has 47 heavy (non-hydrogen) atoms. The minimum absolute atomic E-state index is 0. The van der Waals surface area contributed by atoms with Crippen LogP contribution in [0.15, 0.2) is 36.4 Å². The van der Waals surface area contributed by atoms with Crippen molar-refractivity contribution in [1.82, 2.24) is 9.80 Å². The van der Waals surface area contributed by atoms with E-state index in [4.69, 9.17) is 9.47 Å². The molecule has 0 aliphatic carbocycles. The lowest BCUT2D eigenvalue weighted by atomic mass is 9.81. The second kappa shape index (κ2) is 18.6. The molecule has 4 aliphatic rings. The Balaban J connectivity index is 0.000000243. The van der Waals surface area contributed by atoms with Gasteiger partial charge in [-0.15, -0.1) is 0 Å². The number of morpholine rings is 2. The summed E-state index contributed by atoms with van der Waals surface area (Å²) in [5, 5.41) is 22.9. The maximum absolute atomic E-state index is 12.5. The number of hydrogen-bond acceptors (Lipinski definition) is 10. The summed E-state index contributed by atoms with van der Waals surface area (Å²) in [4.78, 5) is 42.9. The summed E-state index contributed by atoms with van der Waals surface area (Å²) in [7, 11) is 8.00. The molecule has 0 N–H and O–H groups in total. The molecule has 4 aliphatic heterocycles. The van der Waals surface area contributed by atoms with Crippen molar-refractivity contribution in [2.24, 2.45) is 0 Å². The van der Waals surface area contributed by atoms with Crippen LogP contribution in [-0.2, 0) is 16.0 Å². The molecule has 6 rings (SSSR count). The van der Waals surface area contributed by atoms with Crippen LogP contribution in [0.3, 0.4) is 0 Å². The van der Waals surface area contributed by atoms with Gasteiger partial charge in [0.05, 0.1) is 36.3 Å². The topological polar surface area (TPSA) is 135 Å². The predicted octanol–water partition coefficient (Wildman–Crippen LogP) is 3.96. The third kappa shape index (κ3) is 10.2. The highest BCUT2D eigenvalue weighted by molar-refractivity contribution is 6.75. The first-order valence-corrected chi connectivity index (χ1v) is 16.5. The molecule has 2 aromatic rings. The van der Waals surface area contributed by atoms with Crippen LogP contribution in [0.2, 0.25) is 0 Å². The summed E-state index contributed by atoms with van der Waals surface area (Å²) in [5.74, 6) is -0.165. The first kappa shape index (κ1) is 36.2. The minimum atomic E-state index is -0.389. The Morgan fingerprint density at radius 1 is 0.681 bits per heavy atom. The molecule has 0 saturated carbocycles. The van der Waals surface area contributed by atoms with Crippen LogP contribution in [0.4, 0.5) is 22.7 Å². The second-order valence-corrected chi connectivity index (χ2v) is 11.9. The standard InChI is InChI=1S/C16H21N3O4.C16H23N3O3.B2.H2/c20-16(18-8-10-23-11-9-18)13-4-5-14(15(12-13)19(21)22)17-6-2-1-3-7-17;20-19(21)16-12-14(13-17-8-10-22-11-9-17)4-5-15(16)18-6-2-1-3-7-18;1-2;/h4-5,12H,1-3,6-11H2;4-5,12H,1-3,6-11,13H2;;1H. The summed E-state index contributed by atoms with van der Waals surface area (Å²) in [6.07, 6.45) is 6.72. The molecule has 4 fully saturated rings. The largest absolute Gasteiger partial charge is 0.379 e. The Bertz CT molecular complexity index is 1340. The van der Waals surface area contributed by atoms with Crippen LogP contribution in [0.1, 0.15) is 55.9 Å². The summed E-state index contributed by atoms with van der Waals surface area (Å²) >= 11 is 0. The molecule has 2 aromatic carbocycles. The number of anilines is 2. The maximum Gasteiger partial charge on any atom is 0.293 e. The number of rotatable bonds is 7.